The molecule has 0 radical (unpaired) electrons. The van der Waals surface area contributed by atoms with Gasteiger partial charge in [-0.05, 0) is 32.0 Å². The summed E-state index contributed by atoms with van der Waals surface area (Å²) >= 11 is 0. The van der Waals surface area contributed by atoms with Gasteiger partial charge < -0.3 is 0 Å². The maximum absolute atomic E-state index is 2.31. The fraction of sp³-hybridized carbons (Fsp3) is 0.400. The second kappa shape index (κ2) is 3.88. The second-order valence-electron chi connectivity index (χ2n) is 3.22. The van der Waals surface area contributed by atoms with Crippen molar-refractivity contribution in [2.24, 2.45) is 0 Å². The molecule has 0 spiro atoms. The topological polar surface area (TPSA) is 0 Å². The molecule has 1 aromatic rings. The lowest BCUT2D eigenvalue weighted by Gasteiger charge is -2.04. The third kappa shape index (κ3) is 3.03. The van der Waals surface area contributed by atoms with Crippen LogP contribution in [0.3, 0.4) is 0 Å². The molecule has 1 aromatic carbocycles. The zero-order valence-corrected chi connectivity index (χ0v) is 8.36. The molecule has 0 heterocycles. The summed E-state index contributed by atoms with van der Waals surface area (Å²) in [6.07, 6.45) is 1.26. The second-order valence-corrected chi connectivity index (χ2v) is 5.70. The summed E-state index contributed by atoms with van der Waals surface area (Å²) in [4.78, 5) is 0. The van der Waals surface area contributed by atoms with Gasteiger partial charge >= 0.3 is 0 Å². The van der Waals surface area contributed by atoms with Crippen molar-refractivity contribution < 1.29 is 0 Å². The zero-order chi connectivity index (χ0) is 8.27. The highest BCUT2D eigenvalue weighted by Crippen LogP contribution is 2.29. The van der Waals surface area contributed by atoms with Crippen LogP contribution in [0.5, 0.6) is 0 Å². The van der Waals surface area contributed by atoms with Gasteiger partial charge in [0.15, 0.2) is 0 Å². The average Bonchev–Trinajstić information content (AvgIpc) is 1.93. The van der Waals surface area contributed by atoms with Crippen molar-refractivity contribution in [2.45, 2.75) is 13.1 Å². The number of benzene rings is 1. The first-order chi connectivity index (χ1) is 5.18. The van der Waals surface area contributed by atoms with Crippen LogP contribution in [0.4, 0.5) is 0 Å². The Morgan fingerprint density at radius 3 is 2.09 bits per heavy atom. The highest BCUT2D eigenvalue weighted by atomic mass is 31.1. The third-order valence-corrected chi connectivity index (χ3v) is 2.62. The van der Waals surface area contributed by atoms with Gasteiger partial charge in [0.25, 0.3) is 0 Å². The fourth-order valence-corrected chi connectivity index (χ4v) is 2.00. The summed E-state index contributed by atoms with van der Waals surface area (Å²) < 4.78 is 0. The predicted octanol–water partition coefficient (Wildman–Crippen LogP) is 3.24. The van der Waals surface area contributed by atoms with E-state index in [9.17, 15) is 0 Å². The van der Waals surface area contributed by atoms with Gasteiger partial charge in [-0.2, -0.15) is 0 Å². The Morgan fingerprint density at radius 1 is 1.09 bits per heavy atom. The van der Waals surface area contributed by atoms with Crippen LogP contribution in [0, 0.1) is 6.92 Å². The highest BCUT2D eigenvalue weighted by molar-refractivity contribution is 7.55. The lowest BCUT2D eigenvalue weighted by Crippen LogP contribution is -1.81. The van der Waals surface area contributed by atoms with Gasteiger partial charge in [-0.1, -0.05) is 29.8 Å². The minimum absolute atomic E-state index is 0.214. The molecule has 0 N–H and O–H groups in total. The van der Waals surface area contributed by atoms with E-state index in [1.165, 1.54) is 17.3 Å². The van der Waals surface area contributed by atoms with Crippen LogP contribution >= 0.6 is 7.92 Å². The molecule has 11 heavy (non-hydrogen) atoms. The molecule has 0 saturated heterocycles. The first-order valence-electron chi connectivity index (χ1n) is 3.89. The molecular formula is C10H15P. The Kier molecular flexibility index (Phi) is 3.08. The van der Waals surface area contributed by atoms with Crippen molar-refractivity contribution >= 4 is 7.92 Å². The molecule has 0 fully saturated rings. The molecule has 1 heteroatoms. The third-order valence-electron chi connectivity index (χ3n) is 1.62. The minimum Gasteiger partial charge on any atom is -0.109 e. The molecule has 0 amide bonds. The van der Waals surface area contributed by atoms with Crippen molar-refractivity contribution in [2.75, 3.05) is 13.3 Å². The van der Waals surface area contributed by atoms with E-state index in [0.717, 1.165) is 0 Å². The van der Waals surface area contributed by atoms with Gasteiger partial charge in [-0.3, -0.25) is 0 Å². The summed E-state index contributed by atoms with van der Waals surface area (Å²) in [5, 5.41) is 0. The molecule has 0 unspecified atom stereocenters. The largest absolute Gasteiger partial charge is 0.109 e. The first kappa shape index (κ1) is 8.74. The van der Waals surface area contributed by atoms with Crippen LogP contribution in [0.1, 0.15) is 11.1 Å². The minimum atomic E-state index is 0.214. The maximum atomic E-state index is 2.31. The van der Waals surface area contributed by atoms with E-state index in [4.69, 9.17) is 0 Å². The smallest absolute Gasteiger partial charge is 0.00780 e. The average molecular weight is 166 g/mol. The summed E-state index contributed by atoms with van der Waals surface area (Å²) in [5.74, 6) is 0. The lowest BCUT2D eigenvalue weighted by molar-refractivity contribution is 1.35. The van der Waals surface area contributed by atoms with E-state index >= 15 is 0 Å². The van der Waals surface area contributed by atoms with Gasteiger partial charge in [0, 0.05) is 0 Å². The van der Waals surface area contributed by atoms with E-state index in [-0.39, 0.29) is 7.92 Å². The molecule has 0 nitrogen and oxygen atoms in total. The predicted molar refractivity (Wildman–Crippen MR) is 53.7 cm³/mol. The van der Waals surface area contributed by atoms with Crippen LogP contribution in [0.15, 0.2) is 24.3 Å². The summed E-state index contributed by atoms with van der Waals surface area (Å²) in [6, 6.07) is 8.84. The van der Waals surface area contributed by atoms with E-state index in [1.807, 2.05) is 0 Å². The molecule has 60 valence electrons. The summed E-state index contributed by atoms with van der Waals surface area (Å²) in [7, 11) is 0.214. The fourth-order valence-electron chi connectivity index (χ4n) is 1.06. The van der Waals surface area contributed by atoms with Crippen LogP contribution < -0.4 is 0 Å². The molecule has 0 atom stereocenters. The molecule has 0 aliphatic carbocycles. The number of hydrogen-bond donors (Lipinski definition) is 0. The van der Waals surface area contributed by atoms with E-state index < -0.39 is 0 Å². The van der Waals surface area contributed by atoms with Gasteiger partial charge in [-0.25, -0.2) is 0 Å². The van der Waals surface area contributed by atoms with Crippen LogP contribution in [0.25, 0.3) is 0 Å². The van der Waals surface area contributed by atoms with Gasteiger partial charge in [0.2, 0.25) is 0 Å². The highest BCUT2D eigenvalue weighted by Gasteiger charge is 1.94. The molecule has 0 aliphatic rings. The Labute approximate surface area is 70.4 Å². The first-order valence-corrected chi connectivity index (χ1v) is 6.31. The van der Waals surface area contributed by atoms with Crippen molar-refractivity contribution in [3.8, 4) is 0 Å². The van der Waals surface area contributed by atoms with Gasteiger partial charge in [0.05, 0.1) is 0 Å². The van der Waals surface area contributed by atoms with E-state index in [0.29, 0.717) is 0 Å². The van der Waals surface area contributed by atoms with Gasteiger partial charge in [0.1, 0.15) is 0 Å². The number of hydrogen-bond acceptors (Lipinski definition) is 0. The summed E-state index contributed by atoms with van der Waals surface area (Å²) in [6.45, 7) is 6.76. The standard InChI is InChI=1S/C10H15P/c1-9-4-6-10(7-5-9)8-11(2)3/h4-7H,8H2,1-3H3. The molecule has 0 bridgehead atoms. The molecule has 0 saturated carbocycles. The SMILES string of the molecule is Cc1ccc(CP(C)C)cc1. The maximum Gasteiger partial charge on any atom is -0.00780 e. The molecular weight excluding hydrogens is 151 g/mol. The monoisotopic (exact) mass is 166 g/mol. The van der Waals surface area contributed by atoms with Crippen molar-refractivity contribution in [1.82, 2.24) is 0 Å². The molecule has 0 aliphatic heterocycles. The van der Waals surface area contributed by atoms with E-state index in [1.54, 1.807) is 0 Å². The number of aryl methyl sites for hydroxylation is 1. The Hall–Kier alpha value is -0.350. The Bertz CT molecular complexity index is 211. The van der Waals surface area contributed by atoms with Crippen LogP contribution in [-0.2, 0) is 6.16 Å². The van der Waals surface area contributed by atoms with Gasteiger partial charge in [-0.15, -0.1) is 7.92 Å². The van der Waals surface area contributed by atoms with Crippen molar-refractivity contribution in [3.63, 3.8) is 0 Å². The zero-order valence-electron chi connectivity index (χ0n) is 7.46. The Balaban J connectivity index is 2.66. The summed E-state index contributed by atoms with van der Waals surface area (Å²) in [5.41, 5.74) is 2.83. The van der Waals surface area contributed by atoms with Crippen molar-refractivity contribution in [1.29, 1.82) is 0 Å². The normalized spacial score (nSPS) is 10.5. The van der Waals surface area contributed by atoms with Crippen LogP contribution in [0.2, 0.25) is 0 Å². The lowest BCUT2D eigenvalue weighted by atomic mass is 10.2. The number of rotatable bonds is 2. The molecule has 0 aromatic heterocycles. The Morgan fingerprint density at radius 2 is 1.64 bits per heavy atom. The van der Waals surface area contributed by atoms with E-state index in [2.05, 4.69) is 44.5 Å². The quantitative estimate of drug-likeness (QED) is 0.592. The van der Waals surface area contributed by atoms with Crippen LogP contribution in [-0.4, -0.2) is 13.3 Å². The molecule has 1 rings (SSSR count). The van der Waals surface area contributed by atoms with Crippen molar-refractivity contribution in [3.05, 3.63) is 35.4 Å².